The van der Waals surface area contributed by atoms with Crippen LogP contribution in [0, 0.1) is 0 Å². The molecule has 2 heterocycles. The fourth-order valence-corrected chi connectivity index (χ4v) is 2.30. The lowest BCUT2D eigenvalue weighted by atomic mass is 10.2. The summed E-state index contributed by atoms with van der Waals surface area (Å²) in [6, 6.07) is 0. The molecule has 0 aromatic carbocycles. The van der Waals surface area contributed by atoms with Crippen molar-refractivity contribution < 1.29 is 19.0 Å². The van der Waals surface area contributed by atoms with Gasteiger partial charge in [-0.05, 0) is 20.8 Å². The minimum absolute atomic E-state index is 0.0785. The molecule has 2 rings (SSSR count). The molecule has 0 N–H and O–H groups in total. The van der Waals surface area contributed by atoms with Gasteiger partial charge >= 0.3 is 6.09 Å². The lowest BCUT2D eigenvalue weighted by Gasteiger charge is -2.26. The van der Waals surface area contributed by atoms with Gasteiger partial charge in [-0.3, -0.25) is 0 Å². The zero-order valence-corrected chi connectivity index (χ0v) is 11.8. The van der Waals surface area contributed by atoms with Crippen LogP contribution in [0.2, 0.25) is 0 Å². The van der Waals surface area contributed by atoms with Crippen LogP contribution in [0.25, 0.3) is 0 Å². The van der Waals surface area contributed by atoms with E-state index in [2.05, 4.69) is 0 Å². The van der Waals surface area contributed by atoms with Crippen LogP contribution >= 0.6 is 11.6 Å². The van der Waals surface area contributed by atoms with Crippen molar-refractivity contribution in [3.8, 4) is 0 Å². The van der Waals surface area contributed by atoms with E-state index in [9.17, 15) is 4.79 Å². The Kier molecular flexibility index (Phi) is 3.76. The maximum absolute atomic E-state index is 11.9. The Morgan fingerprint density at radius 3 is 2.83 bits per heavy atom. The van der Waals surface area contributed by atoms with Crippen molar-refractivity contribution in [2.45, 2.75) is 44.7 Å². The molecule has 0 saturated carbocycles. The van der Waals surface area contributed by atoms with Crippen molar-refractivity contribution in [1.82, 2.24) is 4.90 Å². The van der Waals surface area contributed by atoms with E-state index in [1.54, 1.807) is 4.90 Å². The molecule has 2 aliphatic heterocycles. The summed E-state index contributed by atoms with van der Waals surface area (Å²) in [7, 11) is 0. The number of amides is 1. The molecule has 2 unspecified atom stereocenters. The second-order valence-corrected chi connectivity index (χ2v) is 6.08. The van der Waals surface area contributed by atoms with Crippen LogP contribution in [0.4, 0.5) is 4.79 Å². The van der Waals surface area contributed by atoms with E-state index >= 15 is 0 Å². The minimum Gasteiger partial charge on any atom is -0.444 e. The Morgan fingerprint density at radius 2 is 2.28 bits per heavy atom. The molecule has 0 aromatic rings. The van der Waals surface area contributed by atoms with Crippen LogP contribution < -0.4 is 0 Å². The first kappa shape index (κ1) is 13.9. The summed E-state index contributed by atoms with van der Waals surface area (Å²) in [6.45, 7) is 7.04. The SMILES string of the molecule is CC(C)(C)OC(=O)N1CCC2(C1)OCC(CCl)O2. The summed E-state index contributed by atoms with van der Waals surface area (Å²) in [5.41, 5.74) is -0.483. The quantitative estimate of drug-likeness (QED) is 0.688. The van der Waals surface area contributed by atoms with Gasteiger partial charge in [0.15, 0.2) is 5.79 Å². The number of carbonyl (C=O) groups excluding carboxylic acids is 1. The lowest BCUT2D eigenvalue weighted by molar-refractivity contribution is -0.154. The number of halogens is 1. The van der Waals surface area contributed by atoms with Gasteiger partial charge in [0.2, 0.25) is 0 Å². The highest BCUT2D eigenvalue weighted by Gasteiger charge is 2.48. The summed E-state index contributed by atoms with van der Waals surface area (Å²) >= 11 is 5.75. The number of nitrogens with zero attached hydrogens (tertiary/aromatic N) is 1. The number of carbonyl (C=O) groups is 1. The highest BCUT2D eigenvalue weighted by atomic mass is 35.5. The first-order valence-electron chi connectivity index (χ1n) is 6.19. The van der Waals surface area contributed by atoms with Gasteiger partial charge in [-0.15, -0.1) is 11.6 Å². The van der Waals surface area contributed by atoms with E-state index in [4.69, 9.17) is 25.8 Å². The van der Waals surface area contributed by atoms with Crippen molar-refractivity contribution in [3.05, 3.63) is 0 Å². The molecule has 0 aliphatic carbocycles. The predicted molar refractivity (Wildman–Crippen MR) is 66.7 cm³/mol. The molecule has 0 bridgehead atoms. The Morgan fingerprint density at radius 1 is 1.56 bits per heavy atom. The summed E-state index contributed by atoms with van der Waals surface area (Å²) in [5, 5.41) is 0. The number of rotatable bonds is 1. The molecule has 2 atom stereocenters. The standard InChI is InChI=1S/C12H20ClNO4/c1-11(2,3)18-10(15)14-5-4-12(8-14)16-7-9(6-13)17-12/h9H,4-8H2,1-3H3. The van der Waals surface area contributed by atoms with Crippen LogP contribution in [-0.4, -0.2) is 54.1 Å². The van der Waals surface area contributed by atoms with Crippen molar-refractivity contribution >= 4 is 17.7 Å². The van der Waals surface area contributed by atoms with E-state index in [1.165, 1.54) is 0 Å². The third-order valence-corrected chi connectivity index (χ3v) is 3.28. The second kappa shape index (κ2) is 4.87. The van der Waals surface area contributed by atoms with Gasteiger partial charge in [0.05, 0.1) is 25.1 Å². The van der Waals surface area contributed by atoms with Crippen molar-refractivity contribution in [3.63, 3.8) is 0 Å². The van der Waals surface area contributed by atoms with Gasteiger partial charge in [0, 0.05) is 13.0 Å². The van der Waals surface area contributed by atoms with Gasteiger partial charge in [-0.2, -0.15) is 0 Å². The fraction of sp³-hybridized carbons (Fsp3) is 0.917. The highest BCUT2D eigenvalue weighted by molar-refractivity contribution is 6.18. The molecule has 0 radical (unpaired) electrons. The number of ether oxygens (including phenoxy) is 3. The molecule has 0 aromatic heterocycles. The van der Waals surface area contributed by atoms with E-state index in [1.807, 2.05) is 20.8 Å². The number of alkyl halides is 1. The normalized spacial score (nSPS) is 32.2. The summed E-state index contributed by atoms with van der Waals surface area (Å²) < 4.78 is 16.8. The Labute approximate surface area is 112 Å². The molecule has 6 heteroatoms. The van der Waals surface area contributed by atoms with E-state index in [-0.39, 0.29) is 12.2 Å². The molecule has 2 aliphatic rings. The predicted octanol–water partition coefficient (Wildman–Crippen LogP) is 1.98. The monoisotopic (exact) mass is 277 g/mol. The van der Waals surface area contributed by atoms with Gasteiger partial charge in [0.1, 0.15) is 5.60 Å². The average molecular weight is 278 g/mol. The maximum atomic E-state index is 11.9. The van der Waals surface area contributed by atoms with Crippen molar-refractivity contribution in [2.75, 3.05) is 25.6 Å². The fourth-order valence-electron chi connectivity index (χ4n) is 2.14. The van der Waals surface area contributed by atoms with Crippen LogP contribution in [0.5, 0.6) is 0 Å². The zero-order valence-electron chi connectivity index (χ0n) is 11.1. The molecule has 18 heavy (non-hydrogen) atoms. The first-order valence-corrected chi connectivity index (χ1v) is 6.73. The summed E-state index contributed by atoms with van der Waals surface area (Å²) in [6.07, 6.45) is 0.269. The molecule has 1 amide bonds. The minimum atomic E-state index is -0.670. The Hall–Kier alpha value is -0.520. The lowest BCUT2D eigenvalue weighted by Crippen LogP contribution is -2.40. The first-order chi connectivity index (χ1) is 8.34. The maximum Gasteiger partial charge on any atom is 0.410 e. The molecule has 2 fully saturated rings. The van der Waals surface area contributed by atoms with Crippen molar-refractivity contribution in [1.29, 1.82) is 0 Å². The molecule has 1 spiro atoms. The molecular formula is C12H20ClNO4. The molecule has 2 saturated heterocycles. The third kappa shape index (κ3) is 3.08. The van der Waals surface area contributed by atoms with Crippen LogP contribution in [0.3, 0.4) is 0 Å². The number of hydrogen-bond donors (Lipinski definition) is 0. The van der Waals surface area contributed by atoms with Crippen LogP contribution in [-0.2, 0) is 14.2 Å². The highest BCUT2D eigenvalue weighted by Crippen LogP contribution is 2.34. The zero-order chi connectivity index (χ0) is 13.4. The largest absolute Gasteiger partial charge is 0.444 e. The van der Waals surface area contributed by atoms with Gasteiger partial charge < -0.3 is 19.1 Å². The smallest absolute Gasteiger partial charge is 0.410 e. The van der Waals surface area contributed by atoms with Gasteiger partial charge in [-0.25, -0.2) is 4.79 Å². The van der Waals surface area contributed by atoms with Gasteiger partial charge in [0.25, 0.3) is 0 Å². The van der Waals surface area contributed by atoms with E-state index in [0.717, 1.165) is 0 Å². The average Bonchev–Trinajstić information content (AvgIpc) is 2.84. The van der Waals surface area contributed by atoms with E-state index < -0.39 is 11.4 Å². The van der Waals surface area contributed by atoms with Gasteiger partial charge in [-0.1, -0.05) is 0 Å². The van der Waals surface area contributed by atoms with Crippen LogP contribution in [0.15, 0.2) is 0 Å². The summed E-state index contributed by atoms with van der Waals surface area (Å²) in [4.78, 5) is 13.5. The summed E-state index contributed by atoms with van der Waals surface area (Å²) in [5.74, 6) is -0.259. The number of hydrogen-bond acceptors (Lipinski definition) is 4. The number of likely N-dealkylation sites (tertiary alicyclic amines) is 1. The topological polar surface area (TPSA) is 48.0 Å². The third-order valence-electron chi connectivity index (χ3n) is 2.93. The van der Waals surface area contributed by atoms with Crippen LogP contribution in [0.1, 0.15) is 27.2 Å². The second-order valence-electron chi connectivity index (χ2n) is 5.77. The molecule has 5 nitrogen and oxygen atoms in total. The Balaban J connectivity index is 1.91. The Bertz CT molecular complexity index is 331. The van der Waals surface area contributed by atoms with E-state index in [0.29, 0.717) is 32.0 Å². The molecule has 104 valence electrons. The van der Waals surface area contributed by atoms with Crippen molar-refractivity contribution in [2.24, 2.45) is 0 Å². The molecular weight excluding hydrogens is 258 g/mol.